The summed E-state index contributed by atoms with van der Waals surface area (Å²) in [5, 5.41) is 4.09. The van der Waals surface area contributed by atoms with Gasteiger partial charge in [-0.1, -0.05) is 24.3 Å². The van der Waals surface area contributed by atoms with Gasteiger partial charge in [-0.2, -0.15) is 0 Å². The molecule has 4 rings (SSSR count). The molecule has 144 valence electrons. The first kappa shape index (κ1) is 18.1. The van der Waals surface area contributed by atoms with E-state index in [0.717, 1.165) is 23.1 Å². The number of para-hydroxylation sites is 1. The van der Waals surface area contributed by atoms with Gasteiger partial charge in [0.1, 0.15) is 12.3 Å². The summed E-state index contributed by atoms with van der Waals surface area (Å²) in [5.41, 5.74) is 3.90. The summed E-state index contributed by atoms with van der Waals surface area (Å²) in [5.74, 6) is 0.240. The molecule has 2 heterocycles. The zero-order valence-electron chi connectivity index (χ0n) is 16.0. The molecular formula is C22H23N3O3. The van der Waals surface area contributed by atoms with Gasteiger partial charge in [0.15, 0.2) is 6.10 Å². The molecule has 6 nitrogen and oxygen atoms in total. The van der Waals surface area contributed by atoms with Gasteiger partial charge in [-0.15, -0.1) is 0 Å². The maximum absolute atomic E-state index is 12.6. The Morgan fingerprint density at radius 3 is 2.93 bits per heavy atom. The van der Waals surface area contributed by atoms with Crippen molar-refractivity contribution in [2.75, 3.05) is 18.0 Å². The molecule has 0 bridgehead atoms. The van der Waals surface area contributed by atoms with Crippen molar-refractivity contribution in [3.8, 4) is 5.75 Å². The van der Waals surface area contributed by atoms with Crippen LogP contribution in [0.5, 0.6) is 5.75 Å². The minimum Gasteiger partial charge on any atom is -0.479 e. The molecule has 6 heteroatoms. The van der Waals surface area contributed by atoms with Gasteiger partial charge in [-0.25, -0.2) is 0 Å². The number of H-pyrrole nitrogens is 1. The monoisotopic (exact) mass is 377 g/mol. The van der Waals surface area contributed by atoms with Crippen LogP contribution in [0.1, 0.15) is 18.1 Å². The molecule has 2 aromatic carbocycles. The maximum atomic E-state index is 12.6. The number of carbonyl (C=O) groups is 2. The van der Waals surface area contributed by atoms with E-state index in [1.807, 2.05) is 49.5 Å². The van der Waals surface area contributed by atoms with Crippen LogP contribution in [0.3, 0.4) is 0 Å². The standard InChI is InChI=1S/C22H23N3O3/c1-14-7-8-20-19(11-14)25(22(27)15(2)28-20)13-21(26)23-10-9-16-12-24-18-6-4-3-5-17(16)18/h3-8,11-12,15,24H,9-10,13H2,1-2H3,(H,23,26)/t15-/m0/s1. The van der Waals surface area contributed by atoms with E-state index in [1.54, 1.807) is 6.92 Å². The maximum Gasteiger partial charge on any atom is 0.268 e. The first-order valence-electron chi connectivity index (χ1n) is 9.43. The number of hydrogen-bond acceptors (Lipinski definition) is 3. The van der Waals surface area contributed by atoms with Crippen LogP contribution in [0.2, 0.25) is 0 Å². The van der Waals surface area contributed by atoms with E-state index in [-0.39, 0.29) is 18.4 Å². The summed E-state index contributed by atoms with van der Waals surface area (Å²) in [4.78, 5) is 29.8. The Kier molecular flexibility index (Phi) is 4.77. The Balaban J connectivity index is 1.41. The molecular weight excluding hydrogens is 354 g/mol. The average molecular weight is 377 g/mol. The highest BCUT2D eigenvalue weighted by atomic mass is 16.5. The van der Waals surface area contributed by atoms with Crippen molar-refractivity contribution in [1.82, 2.24) is 10.3 Å². The number of amides is 2. The molecule has 1 aromatic heterocycles. The van der Waals surface area contributed by atoms with Gasteiger partial charge in [0.25, 0.3) is 5.91 Å². The fourth-order valence-electron chi connectivity index (χ4n) is 3.55. The summed E-state index contributed by atoms with van der Waals surface area (Å²) in [6, 6.07) is 13.7. The Bertz CT molecular complexity index is 1040. The molecule has 1 aliphatic rings. The molecule has 0 saturated carbocycles. The van der Waals surface area contributed by atoms with Crippen molar-refractivity contribution >= 4 is 28.4 Å². The van der Waals surface area contributed by atoms with Crippen LogP contribution in [0.25, 0.3) is 10.9 Å². The topological polar surface area (TPSA) is 74.4 Å². The number of aromatic nitrogens is 1. The highest BCUT2D eigenvalue weighted by Crippen LogP contribution is 2.34. The van der Waals surface area contributed by atoms with Gasteiger partial charge < -0.3 is 15.0 Å². The second-order valence-electron chi connectivity index (χ2n) is 7.12. The lowest BCUT2D eigenvalue weighted by Gasteiger charge is -2.32. The highest BCUT2D eigenvalue weighted by Gasteiger charge is 2.32. The quantitative estimate of drug-likeness (QED) is 0.718. The SMILES string of the molecule is Cc1ccc2c(c1)N(CC(=O)NCCc1c[nH]c3ccccc13)C(=O)[C@H](C)O2. The summed E-state index contributed by atoms with van der Waals surface area (Å²) >= 11 is 0. The first-order chi connectivity index (χ1) is 13.5. The molecule has 0 saturated heterocycles. The van der Waals surface area contributed by atoms with Crippen molar-refractivity contribution in [3.05, 3.63) is 59.8 Å². The molecule has 0 aliphatic carbocycles. The van der Waals surface area contributed by atoms with E-state index in [1.165, 1.54) is 10.3 Å². The Hall–Kier alpha value is -3.28. The Morgan fingerprint density at radius 2 is 2.07 bits per heavy atom. The Labute approximate surface area is 163 Å². The molecule has 28 heavy (non-hydrogen) atoms. The summed E-state index contributed by atoms with van der Waals surface area (Å²) in [6.07, 6.45) is 2.09. The van der Waals surface area contributed by atoms with Crippen LogP contribution in [0.4, 0.5) is 5.69 Å². The van der Waals surface area contributed by atoms with E-state index in [9.17, 15) is 9.59 Å². The smallest absolute Gasteiger partial charge is 0.268 e. The van der Waals surface area contributed by atoms with E-state index in [4.69, 9.17) is 4.74 Å². The fourth-order valence-corrected chi connectivity index (χ4v) is 3.55. The summed E-state index contributed by atoms with van der Waals surface area (Å²) in [7, 11) is 0. The molecule has 0 unspecified atom stereocenters. The molecule has 0 spiro atoms. The van der Waals surface area contributed by atoms with Crippen LogP contribution in [0, 0.1) is 6.92 Å². The number of ether oxygens (including phenoxy) is 1. The van der Waals surface area contributed by atoms with Gasteiger partial charge >= 0.3 is 0 Å². The summed E-state index contributed by atoms with van der Waals surface area (Å²) < 4.78 is 5.66. The largest absolute Gasteiger partial charge is 0.479 e. The fraction of sp³-hybridized carbons (Fsp3) is 0.273. The van der Waals surface area contributed by atoms with Crippen LogP contribution in [-0.2, 0) is 16.0 Å². The predicted octanol–water partition coefficient (Wildman–Crippen LogP) is 2.95. The second-order valence-corrected chi connectivity index (χ2v) is 7.12. The molecule has 0 radical (unpaired) electrons. The van der Waals surface area contributed by atoms with Crippen LogP contribution in [0.15, 0.2) is 48.7 Å². The highest BCUT2D eigenvalue weighted by molar-refractivity contribution is 6.03. The van der Waals surface area contributed by atoms with Gasteiger partial charge in [-0.05, 0) is 49.6 Å². The number of nitrogens with one attached hydrogen (secondary N) is 2. The minimum atomic E-state index is -0.603. The lowest BCUT2D eigenvalue weighted by Crippen LogP contribution is -2.49. The third-order valence-electron chi connectivity index (χ3n) is 5.02. The third-order valence-corrected chi connectivity index (χ3v) is 5.02. The van der Waals surface area contributed by atoms with Crippen LogP contribution < -0.4 is 15.0 Å². The first-order valence-corrected chi connectivity index (χ1v) is 9.43. The van der Waals surface area contributed by atoms with Gasteiger partial charge in [-0.3, -0.25) is 14.5 Å². The molecule has 1 atom stereocenters. The number of nitrogens with zero attached hydrogens (tertiary/aromatic N) is 1. The number of carbonyl (C=O) groups excluding carboxylic acids is 2. The van der Waals surface area contributed by atoms with Gasteiger partial charge in [0.05, 0.1) is 5.69 Å². The van der Waals surface area contributed by atoms with Gasteiger partial charge in [0.2, 0.25) is 5.91 Å². The molecule has 2 N–H and O–H groups in total. The number of aromatic amines is 1. The number of hydrogen-bond donors (Lipinski definition) is 2. The third kappa shape index (κ3) is 3.45. The zero-order valence-corrected chi connectivity index (χ0v) is 16.0. The second kappa shape index (κ2) is 7.38. The number of benzene rings is 2. The number of anilines is 1. The number of fused-ring (bicyclic) bond motifs is 2. The number of rotatable bonds is 5. The van der Waals surface area contributed by atoms with Crippen molar-refractivity contribution in [3.63, 3.8) is 0 Å². The van der Waals surface area contributed by atoms with E-state index >= 15 is 0 Å². The molecule has 1 aliphatic heterocycles. The van der Waals surface area contributed by atoms with Crippen molar-refractivity contribution in [2.24, 2.45) is 0 Å². The predicted molar refractivity (Wildman–Crippen MR) is 109 cm³/mol. The molecule has 3 aromatic rings. The van der Waals surface area contributed by atoms with Crippen molar-refractivity contribution in [2.45, 2.75) is 26.4 Å². The average Bonchev–Trinajstić information content (AvgIpc) is 3.09. The Morgan fingerprint density at radius 1 is 1.25 bits per heavy atom. The minimum absolute atomic E-state index is 0.0170. The summed E-state index contributed by atoms with van der Waals surface area (Å²) in [6.45, 7) is 4.14. The normalized spacial score (nSPS) is 16.0. The molecule has 2 amide bonds. The van der Waals surface area contributed by atoms with E-state index in [2.05, 4.69) is 16.4 Å². The lowest BCUT2D eigenvalue weighted by molar-refractivity contribution is -0.128. The van der Waals surface area contributed by atoms with Gasteiger partial charge in [0, 0.05) is 23.6 Å². The van der Waals surface area contributed by atoms with E-state index < -0.39 is 6.10 Å². The van der Waals surface area contributed by atoms with Crippen molar-refractivity contribution in [1.29, 1.82) is 0 Å². The van der Waals surface area contributed by atoms with Crippen LogP contribution >= 0.6 is 0 Å². The molecule has 0 fully saturated rings. The zero-order chi connectivity index (χ0) is 19.7. The van der Waals surface area contributed by atoms with Crippen molar-refractivity contribution < 1.29 is 14.3 Å². The van der Waals surface area contributed by atoms with Crippen LogP contribution in [-0.4, -0.2) is 36.0 Å². The lowest BCUT2D eigenvalue weighted by atomic mass is 10.1. The number of aryl methyl sites for hydroxylation is 1. The van der Waals surface area contributed by atoms with E-state index in [0.29, 0.717) is 18.0 Å².